The van der Waals surface area contributed by atoms with Gasteiger partial charge in [-0.05, 0) is 53.9 Å². The number of ether oxygens (including phenoxy) is 2. The van der Waals surface area contributed by atoms with Crippen molar-refractivity contribution >= 4 is 21.6 Å². The number of benzene rings is 4. The van der Waals surface area contributed by atoms with Gasteiger partial charge in [-0.2, -0.15) is 0 Å². The number of aliphatic hydroxyl groups is 1. The molecule has 0 spiro atoms. The van der Waals surface area contributed by atoms with Crippen molar-refractivity contribution in [3.8, 4) is 5.75 Å². The molecule has 1 amide bonds. The quantitative estimate of drug-likeness (QED) is 0.132. The predicted octanol–water partition coefficient (Wildman–Crippen LogP) is 4.43. The summed E-state index contributed by atoms with van der Waals surface area (Å²) in [7, 11) is -3.74. The second-order valence-electron chi connectivity index (χ2n) is 10.7. The normalized spacial score (nSPS) is 17.7. The molecule has 0 bridgehead atoms. The Morgan fingerprint density at radius 3 is 2.20 bits per heavy atom. The number of amides is 1. The Balaban J connectivity index is 1.46. The molecule has 0 fully saturated rings. The first kappa shape index (κ1) is 31.9. The van der Waals surface area contributed by atoms with Gasteiger partial charge >= 0.3 is 0 Å². The van der Waals surface area contributed by atoms with Gasteiger partial charge in [0.15, 0.2) is 21.5 Å². The van der Waals surface area contributed by atoms with Gasteiger partial charge in [0.1, 0.15) is 5.75 Å². The van der Waals surface area contributed by atoms with Crippen LogP contribution < -0.4 is 15.6 Å². The highest BCUT2D eigenvalue weighted by Crippen LogP contribution is 2.43. The van der Waals surface area contributed by atoms with Gasteiger partial charge < -0.3 is 14.6 Å². The van der Waals surface area contributed by atoms with Crippen LogP contribution in [0.1, 0.15) is 35.6 Å². The van der Waals surface area contributed by atoms with Crippen LogP contribution in [0.15, 0.2) is 125 Å². The summed E-state index contributed by atoms with van der Waals surface area (Å²) in [6, 6.07) is 34.4. The van der Waals surface area contributed by atoms with Crippen LogP contribution in [0.3, 0.4) is 0 Å². The van der Waals surface area contributed by atoms with E-state index in [4.69, 9.17) is 19.6 Å². The predicted molar refractivity (Wildman–Crippen MR) is 173 cm³/mol. The Kier molecular flexibility index (Phi) is 10.6. The lowest BCUT2D eigenvalue weighted by Gasteiger charge is -2.30. The molecule has 45 heavy (non-hydrogen) atoms. The van der Waals surface area contributed by atoms with E-state index in [2.05, 4.69) is 10.9 Å². The molecule has 234 valence electrons. The van der Waals surface area contributed by atoms with Crippen LogP contribution in [0, 0.1) is 0 Å². The molecule has 1 aliphatic heterocycles. The summed E-state index contributed by atoms with van der Waals surface area (Å²) in [5, 5.41) is 9.04. The maximum atomic E-state index is 14.2. The molecule has 0 saturated heterocycles. The number of carbonyl (C=O) groups is 1. The van der Waals surface area contributed by atoms with Crippen molar-refractivity contribution in [2.75, 3.05) is 25.5 Å². The number of hydrogen-bond acceptors (Lipinski definition) is 8. The SMILES string of the molecule is O=C(NNCCc1ccccc1)[C@@]1(CCS(=O)(=O)c2ccccc2)N=C(c2ccc(OCCCO)cc2)O[C@H]1c1ccccc1. The number of aliphatic hydroxyl groups excluding tert-OH is 1. The number of hydrazine groups is 1. The van der Waals surface area contributed by atoms with E-state index in [1.165, 1.54) is 0 Å². The molecular formula is C35H37N3O6S. The third-order valence-electron chi connectivity index (χ3n) is 7.57. The Morgan fingerprint density at radius 2 is 1.53 bits per heavy atom. The minimum atomic E-state index is -3.74. The van der Waals surface area contributed by atoms with Gasteiger partial charge in [-0.15, -0.1) is 0 Å². The minimum absolute atomic E-state index is 0.0366. The molecule has 0 saturated carbocycles. The summed E-state index contributed by atoms with van der Waals surface area (Å²) in [5.74, 6) is 0.0233. The summed E-state index contributed by atoms with van der Waals surface area (Å²) < 4.78 is 39.0. The minimum Gasteiger partial charge on any atom is -0.494 e. The zero-order valence-electron chi connectivity index (χ0n) is 24.8. The number of hydrogen-bond donors (Lipinski definition) is 3. The van der Waals surface area contributed by atoms with Crippen molar-refractivity contribution in [1.82, 2.24) is 10.9 Å². The largest absolute Gasteiger partial charge is 0.494 e. The average molecular weight is 628 g/mol. The van der Waals surface area contributed by atoms with E-state index in [-0.39, 0.29) is 29.6 Å². The van der Waals surface area contributed by atoms with Crippen LogP contribution in [0.2, 0.25) is 0 Å². The molecule has 0 radical (unpaired) electrons. The summed E-state index contributed by atoms with van der Waals surface area (Å²) in [4.78, 5) is 19.3. The molecular weight excluding hydrogens is 590 g/mol. The fourth-order valence-corrected chi connectivity index (χ4v) is 6.52. The van der Waals surface area contributed by atoms with E-state index in [1.54, 1.807) is 54.6 Å². The van der Waals surface area contributed by atoms with E-state index < -0.39 is 27.4 Å². The molecule has 4 aromatic carbocycles. The summed E-state index contributed by atoms with van der Waals surface area (Å²) in [6.07, 6.45) is 0.174. The highest BCUT2D eigenvalue weighted by Gasteiger charge is 2.53. The standard InChI is InChI=1S/C35H37N3O6S/c39-24-10-25-43-30-19-17-29(18-20-30)33-37-35(32(44-33)28-13-6-2-7-14-28,22-26-45(41,42)31-15-8-3-9-16-31)34(40)38-36-23-21-27-11-4-1-5-12-27/h1-9,11-20,32,36,39H,10,21-26H2,(H,38,40)/t32-,35-/m0/s1. The van der Waals surface area contributed by atoms with Crippen molar-refractivity contribution in [1.29, 1.82) is 0 Å². The lowest BCUT2D eigenvalue weighted by molar-refractivity contribution is -0.130. The van der Waals surface area contributed by atoms with E-state index in [0.29, 0.717) is 42.9 Å². The van der Waals surface area contributed by atoms with Crippen molar-refractivity contribution < 1.29 is 27.8 Å². The number of aliphatic imine (C=N–C) groups is 1. The summed E-state index contributed by atoms with van der Waals surface area (Å²) in [6.45, 7) is 0.869. The lowest BCUT2D eigenvalue weighted by atomic mass is 9.85. The van der Waals surface area contributed by atoms with Gasteiger partial charge in [0.25, 0.3) is 5.91 Å². The van der Waals surface area contributed by atoms with Crippen LogP contribution in [0.25, 0.3) is 0 Å². The molecule has 0 unspecified atom stereocenters. The van der Waals surface area contributed by atoms with Gasteiger partial charge in [0.05, 0.1) is 17.3 Å². The maximum Gasteiger partial charge on any atom is 0.266 e. The van der Waals surface area contributed by atoms with Crippen LogP contribution in [-0.2, 0) is 25.8 Å². The molecule has 1 aliphatic rings. The Hall–Kier alpha value is -4.51. The van der Waals surface area contributed by atoms with Gasteiger partial charge in [-0.1, -0.05) is 78.9 Å². The maximum absolute atomic E-state index is 14.2. The third kappa shape index (κ3) is 7.96. The number of rotatable bonds is 15. The number of sulfone groups is 1. The molecule has 3 N–H and O–H groups in total. The van der Waals surface area contributed by atoms with Crippen LogP contribution >= 0.6 is 0 Å². The van der Waals surface area contributed by atoms with Gasteiger partial charge in [-0.25, -0.2) is 18.8 Å². The molecule has 4 aromatic rings. The highest BCUT2D eigenvalue weighted by atomic mass is 32.2. The molecule has 2 atom stereocenters. The second kappa shape index (κ2) is 15.0. The van der Waals surface area contributed by atoms with Gasteiger partial charge in [0, 0.05) is 31.6 Å². The first-order valence-electron chi connectivity index (χ1n) is 14.9. The average Bonchev–Trinajstić information content (AvgIpc) is 3.48. The first-order chi connectivity index (χ1) is 21.9. The molecule has 1 heterocycles. The van der Waals surface area contributed by atoms with Crippen molar-refractivity contribution in [3.63, 3.8) is 0 Å². The molecule has 10 heteroatoms. The van der Waals surface area contributed by atoms with E-state index in [9.17, 15) is 13.2 Å². The monoisotopic (exact) mass is 627 g/mol. The third-order valence-corrected chi connectivity index (χ3v) is 9.30. The van der Waals surface area contributed by atoms with Crippen molar-refractivity contribution in [2.24, 2.45) is 4.99 Å². The van der Waals surface area contributed by atoms with Crippen molar-refractivity contribution in [3.05, 3.63) is 132 Å². The highest BCUT2D eigenvalue weighted by molar-refractivity contribution is 7.91. The Bertz CT molecular complexity index is 1670. The zero-order valence-corrected chi connectivity index (χ0v) is 25.7. The molecule has 0 aliphatic carbocycles. The van der Waals surface area contributed by atoms with Gasteiger partial charge in [-0.3, -0.25) is 10.2 Å². The molecule has 0 aromatic heterocycles. The topological polar surface area (TPSA) is 126 Å². The van der Waals surface area contributed by atoms with Crippen LogP contribution in [0.5, 0.6) is 5.75 Å². The zero-order chi connectivity index (χ0) is 31.5. The fraction of sp³-hybridized carbons (Fsp3) is 0.257. The van der Waals surface area contributed by atoms with Crippen LogP contribution in [0.4, 0.5) is 0 Å². The number of nitrogens with zero attached hydrogens (tertiary/aromatic N) is 1. The van der Waals surface area contributed by atoms with Crippen molar-refractivity contribution in [2.45, 2.75) is 35.8 Å². The Labute approximate surface area is 263 Å². The fourth-order valence-electron chi connectivity index (χ4n) is 5.14. The lowest BCUT2D eigenvalue weighted by Crippen LogP contribution is -2.53. The number of carbonyl (C=O) groups excluding carboxylic acids is 1. The number of nitrogens with one attached hydrogen (secondary N) is 2. The van der Waals surface area contributed by atoms with Gasteiger partial charge in [0.2, 0.25) is 5.90 Å². The van der Waals surface area contributed by atoms with E-state index >= 15 is 0 Å². The van der Waals surface area contributed by atoms with Crippen LogP contribution in [-0.4, -0.2) is 56.4 Å². The summed E-state index contributed by atoms with van der Waals surface area (Å²) in [5.41, 5.74) is 6.64. The van der Waals surface area contributed by atoms with E-state index in [0.717, 1.165) is 5.56 Å². The first-order valence-corrected chi connectivity index (χ1v) is 16.6. The molecule has 5 rings (SSSR count). The molecule has 9 nitrogen and oxygen atoms in total. The smallest absolute Gasteiger partial charge is 0.266 e. The van der Waals surface area contributed by atoms with E-state index in [1.807, 2.05) is 60.7 Å². The second-order valence-corrected chi connectivity index (χ2v) is 12.8. The Morgan fingerprint density at radius 1 is 0.889 bits per heavy atom. The summed E-state index contributed by atoms with van der Waals surface area (Å²) >= 11 is 0.